The van der Waals surface area contributed by atoms with E-state index in [-0.39, 0.29) is 18.0 Å². The van der Waals surface area contributed by atoms with E-state index in [0.717, 1.165) is 38.8 Å². The zero-order valence-corrected chi connectivity index (χ0v) is 21.9. The number of amides is 2. The Labute approximate surface area is 212 Å². The van der Waals surface area contributed by atoms with Crippen molar-refractivity contribution in [2.75, 3.05) is 19.6 Å². The van der Waals surface area contributed by atoms with E-state index in [2.05, 4.69) is 22.8 Å². The van der Waals surface area contributed by atoms with Crippen molar-refractivity contribution in [3.8, 4) is 0 Å². The minimum absolute atomic E-state index is 0.0507. The molecule has 1 fully saturated rings. The lowest BCUT2D eigenvalue weighted by atomic mass is 9.89. The van der Waals surface area contributed by atoms with Crippen LogP contribution in [0, 0.1) is 5.92 Å². The number of likely N-dealkylation sites (tertiary alicyclic amines) is 1. The Morgan fingerprint density at radius 1 is 1.15 bits per heavy atom. The van der Waals surface area contributed by atoms with E-state index in [4.69, 9.17) is 16.3 Å². The number of carbonyl (C=O) groups is 2. The first-order chi connectivity index (χ1) is 16.2. The van der Waals surface area contributed by atoms with Gasteiger partial charge in [0.25, 0.3) is 5.91 Å². The van der Waals surface area contributed by atoms with Crippen molar-refractivity contribution in [3.63, 3.8) is 0 Å². The molecule has 1 aliphatic heterocycles. The second-order valence-corrected chi connectivity index (χ2v) is 11.6. The van der Waals surface area contributed by atoms with Crippen LogP contribution in [0.1, 0.15) is 61.7 Å². The standard InChI is InChI=1S/C26H36ClN3O3S/c1-26(2,3)33-25(32)30-15-12-19(13-16-30)17-21(29-24(31)22-9-10-23(27)34-22)11-14-28-18-20-7-5-4-6-8-20/h4-10,19,21,28H,11-18H2,1-3H3,(H,29,31)/t21-/m1/s1. The number of hydrogen-bond donors (Lipinski definition) is 2. The molecule has 0 spiro atoms. The number of nitrogens with one attached hydrogen (secondary N) is 2. The molecule has 8 heteroatoms. The third kappa shape index (κ3) is 8.93. The zero-order chi connectivity index (χ0) is 24.6. The van der Waals surface area contributed by atoms with E-state index < -0.39 is 5.60 Å². The first-order valence-electron chi connectivity index (χ1n) is 12.0. The van der Waals surface area contributed by atoms with E-state index in [1.807, 2.05) is 39.0 Å². The second-order valence-electron chi connectivity index (χ2n) is 9.87. The molecule has 0 bridgehead atoms. The highest BCUT2D eigenvalue weighted by Crippen LogP contribution is 2.25. The molecule has 1 atom stereocenters. The number of halogens is 1. The number of piperidine rings is 1. The van der Waals surface area contributed by atoms with Gasteiger partial charge in [-0.1, -0.05) is 41.9 Å². The number of thiophene rings is 1. The third-order valence-electron chi connectivity index (χ3n) is 5.86. The van der Waals surface area contributed by atoms with Gasteiger partial charge in [0.1, 0.15) is 5.60 Å². The van der Waals surface area contributed by atoms with Crippen molar-refractivity contribution in [1.82, 2.24) is 15.5 Å². The first-order valence-corrected chi connectivity index (χ1v) is 13.2. The van der Waals surface area contributed by atoms with Gasteiger partial charge in [-0.05, 0) is 76.6 Å². The lowest BCUT2D eigenvalue weighted by molar-refractivity contribution is 0.0178. The highest BCUT2D eigenvalue weighted by Gasteiger charge is 2.28. The zero-order valence-electron chi connectivity index (χ0n) is 20.3. The molecule has 1 aromatic carbocycles. The van der Waals surface area contributed by atoms with Crippen molar-refractivity contribution in [3.05, 3.63) is 57.2 Å². The predicted octanol–water partition coefficient (Wildman–Crippen LogP) is 5.72. The summed E-state index contributed by atoms with van der Waals surface area (Å²) in [7, 11) is 0. The van der Waals surface area contributed by atoms with Gasteiger partial charge in [-0.25, -0.2) is 4.79 Å². The van der Waals surface area contributed by atoms with Gasteiger partial charge in [0.15, 0.2) is 0 Å². The van der Waals surface area contributed by atoms with Gasteiger partial charge in [-0.2, -0.15) is 0 Å². The molecular formula is C26H36ClN3O3S. The van der Waals surface area contributed by atoms with Gasteiger partial charge in [0.2, 0.25) is 0 Å². The molecule has 2 amide bonds. The first kappa shape index (κ1) is 26.5. The molecule has 1 aromatic heterocycles. The molecule has 0 saturated carbocycles. The molecule has 2 aromatic rings. The Balaban J connectivity index is 1.51. The predicted molar refractivity (Wildman–Crippen MR) is 138 cm³/mol. The van der Waals surface area contributed by atoms with Crippen LogP contribution < -0.4 is 10.6 Å². The van der Waals surface area contributed by atoms with Gasteiger partial charge < -0.3 is 20.3 Å². The maximum Gasteiger partial charge on any atom is 0.410 e. The van der Waals surface area contributed by atoms with Crippen LogP contribution in [0.2, 0.25) is 4.34 Å². The van der Waals surface area contributed by atoms with Crippen LogP contribution >= 0.6 is 22.9 Å². The fraction of sp³-hybridized carbons (Fsp3) is 0.538. The van der Waals surface area contributed by atoms with Gasteiger partial charge in [-0.15, -0.1) is 11.3 Å². The van der Waals surface area contributed by atoms with Crippen LogP contribution in [-0.4, -0.2) is 48.2 Å². The Morgan fingerprint density at radius 2 is 1.85 bits per heavy atom. The average Bonchev–Trinajstić information content (AvgIpc) is 3.23. The normalized spacial score (nSPS) is 15.7. The third-order valence-corrected chi connectivity index (χ3v) is 7.09. The van der Waals surface area contributed by atoms with Crippen LogP contribution in [0.3, 0.4) is 0 Å². The van der Waals surface area contributed by atoms with Gasteiger partial charge >= 0.3 is 6.09 Å². The summed E-state index contributed by atoms with van der Waals surface area (Å²) in [5.41, 5.74) is 0.756. The second kappa shape index (κ2) is 12.6. The molecule has 1 saturated heterocycles. The monoisotopic (exact) mass is 505 g/mol. The Morgan fingerprint density at radius 3 is 2.47 bits per heavy atom. The molecule has 0 radical (unpaired) electrons. The van der Waals surface area contributed by atoms with Crippen molar-refractivity contribution in [1.29, 1.82) is 0 Å². The summed E-state index contributed by atoms with van der Waals surface area (Å²) >= 11 is 7.32. The van der Waals surface area contributed by atoms with E-state index in [1.165, 1.54) is 16.9 Å². The number of nitrogens with zero attached hydrogens (tertiary/aromatic N) is 1. The van der Waals surface area contributed by atoms with Crippen LogP contribution in [0.5, 0.6) is 0 Å². The largest absolute Gasteiger partial charge is 0.444 e. The van der Waals surface area contributed by atoms with E-state index in [0.29, 0.717) is 28.2 Å². The Kier molecular flexibility index (Phi) is 9.80. The smallest absolute Gasteiger partial charge is 0.410 e. The van der Waals surface area contributed by atoms with Crippen molar-refractivity contribution in [2.24, 2.45) is 5.92 Å². The molecule has 0 unspecified atom stereocenters. The van der Waals surface area contributed by atoms with Crippen molar-refractivity contribution >= 4 is 34.9 Å². The summed E-state index contributed by atoms with van der Waals surface area (Å²) in [5, 5.41) is 6.72. The Hall–Kier alpha value is -2.09. The minimum Gasteiger partial charge on any atom is -0.444 e. The highest BCUT2D eigenvalue weighted by molar-refractivity contribution is 7.18. The topological polar surface area (TPSA) is 70.7 Å². The molecule has 2 heterocycles. The number of carbonyl (C=O) groups excluding carboxylic acids is 2. The summed E-state index contributed by atoms with van der Waals surface area (Å²) in [6.07, 6.45) is 3.31. The number of hydrogen-bond acceptors (Lipinski definition) is 5. The SMILES string of the molecule is CC(C)(C)OC(=O)N1CCC(C[C@@H](CCNCc2ccccc2)NC(=O)c2ccc(Cl)s2)CC1. The van der Waals surface area contributed by atoms with Crippen LogP contribution in [0.25, 0.3) is 0 Å². The summed E-state index contributed by atoms with van der Waals surface area (Å²) in [6.45, 7) is 8.64. The van der Waals surface area contributed by atoms with Crippen LogP contribution in [0.15, 0.2) is 42.5 Å². The minimum atomic E-state index is -0.485. The van der Waals surface area contributed by atoms with E-state index >= 15 is 0 Å². The fourth-order valence-electron chi connectivity index (χ4n) is 4.13. The molecule has 34 heavy (non-hydrogen) atoms. The average molecular weight is 506 g/mol. The lowest BCUT2D eigenvalue weighted by Gasteiger charge is -2.34. The lowest BCUT2D eigenvalue weighted by Crippen LogP contribution is -2.43. The highest BCUT2D eigenvalue weighted by atomic mass is 35.5. The number of rotatable bonds is 9. The number of benzene rings is 1. The maximum absolute atomic E-state index is 12.8. The van der Waals surface area contributed by atoms with E-state index in [9.17, 15) is 9.59 Å². The maximum atomic E-state index is 12.8. The van der Waals surface area contributed by atoms with E-state index in [1.54, 1.807) is 17.0 Å². The van der Waals surface area contributed by atoms with Crippen LogP contribution in [-0.2, 0) is 11.3 Å². The molecule has 186 valence electrons. The van der Waals surface area contributed by atoms with Crippen molar-refractivity contribution in [2.45, 2.75) is 64.6 Å². The molecule has 2 N–H and O–H groups in total. The summed E-state index contributed by atoms with van der Waals surface area (Å²) in [4.78, 5) is 27.6. The molecule has 1 aliphatic rings. The van der Waals surface area contributed by atoms with Gasteiger partial charge in [-0.3, -0.25) is 4.79 Å². The molecular weight excluding hydrogens is 470 g/mol. The summed E-state index contributed by atoms with van der Waals surface area (Å²) < 4.78 is 6.12. The van der Waals surface area contributed by atoms with Crippen molar-refractivity contribution < 1.29 is 14.3 Å². The molecule has 0 aliphatic carbocycles. The summed E-state index contributed by atoms with van der Waals surface area (Å²) in [5.74, 6) is 0.376. The summed E-state index contributed by atoms with van der Waals surface area (Å²) in [6, 6.07) is 13.9. The Bertz CT molecular complexity index is 921. The fourth-order valence-corrected chi connectivity index (χ4v) is 5.07. The van der Waals surface area contributed by atoms with Gasteiger partial charge in [0, 0.05) is 25.7 Å². The van der Waals surface area contributed by atoms with Crippen LogP contribution in [0.4, 0.5) is 4.79 Å². The molecule has 6 nitrogen and oxygen atoms in total. The molecule has 3 rings (SSSR count). The van der Waals surface area contributed by atoms with Gasteiger partial charge in [0.05, 0.1) is 9.21 Å². The quantitative estimate of drug-likeness (QED) is 0.428. The number of ether oxygens (including phenoxy) is 1.